The van der Waals surface area contributed by atoms with E-state index in [0.717, 1.165) is 33.4 Å². The lowest BCUT2D eigenvalue weighted by Crippen LogP contribution is -2.28. The Hall–Kier alpha value is -4.32. The predicted molar refractivity (Wildman–Crippen MR) is 182 cm³/mol. The van der Waals surface area contributed by atoms with Crippen LogP contribution in [0.1, 0.15) is 17.5 Å². The van der Waals surface area contributed by atoms with E-state index in [4.69, 9.17) is 38.0 Å². The maximum Gasteiger partial charge on any atom is 0.307 e. The number of carboxylic acids is 1. The van der Waals surface area contributed by atoms with Gasteiger partial charge in [-0.2, -0.15) is 0 Å². The standard InChI is InChI=1S/C35H33Cl2N5O5/c1-47-33-22(17-38-12-15-43)8-9-29(40-33)28-7-3-6-27(32(28)37)26-5-2-4-25(31(26)36)21-11-14-42-30(16-21)39-18-24(34(42)44)20-41-13-10-23(19-41)35(45)46/h2-9,11,14,16,18,23,38,43H,10,12-13,15,17,19-20H2,1H3,(H,45,46)/t23-/m0/s1. The van der Waals surface area contributed by atoms with E-state index in [2.05, 4.69) is 10.3 Å². The highest BCUT2D eigenvalue weighted by atomic mass is 35.5. The normalized spacial score (nSPS) is 14.9. The average Bonchev–Trinajstić information content (AvgIpc) is 3.56. The van der Waals surface area contributed by atoms with Crippen molar-refractivity contribution in [1.82, 2.24) is 24.6 Å². The van der Waals surface area contributed by atoms with Crippen molar-refractivity contribution in [3.63, 3.8) is 0 Å². The molecule has 1 atom stereocenters. The maximum absolute atomic E-state index is 13.3. The first-order chi connectivity index (χ1) is 22.8. The number of aliphatic carboxylic acids is 1. The van der Waals surface area contributed by atoms with Gasteiger partial charge < -0.3 is 20.3 Å². The zero-order chi connectivity index (χ0) is 33.1. The molecule has 5 aromatic rings. The van der Waals surface area contributed by atoms with Crippen LogP contribution >= 0.6 is 23.2 Å². The number of halogens is 2. The lowest BCUT2D eigenvalue weighted by Gasteiger charge is -2.16. The van der Waals surface area contributed by atoms with Crippen molar-refractivity contribution >= 4 is 34.8 Å². The number of hydrogen-bond acceptors (Lipinski definition) is 8. The zero-order valence-electron chi connectivity index (χ0n) is 25.6. The Morgan fingerprint density at radius 2 is 1.74 bits per heavy atom. The summed E-state index contributed by atoms with van der Waals surface area (Å²) >= 11 is 14.1. The summed E-state index contributed by atoms with van der Waals surface area (Å²) in [5.41, 5.74) is 6.01. The Bertz CT molecular complexity index is 2020. The Labute approximate surface area is 281 Å². The first-order valence-corrected chi connectivity index (χ1v) is 15.9. The number of carboxylic acid groups (broad SMARTS) is 1. The minimum absolute atomic E-state index is 0.0384. The van der Waals surface area contributed by atoms with Crippen LogP contribution in [0.2, 0.25) is 10.0 Å². The second kappa shape index (κ2) is 14.2. The van der Waals surface area contributed by atoms with Gasteiger partial charge in [-0.1, -0.05) is 65.7 Å². The quantitative estimate of drug-likeness (QED) is 0.158. The van der Waals surface area contributed by atoms with E-state index in [1.54, 1.807) is 19.5 Å². The van der Waals surface area contributed by atoms with Crippen molar-refractivity contribution in [2.75, 3.05) is 33.4 Å². The molecule has 0 unspecified atom stereocenters. The number of fused-ring (bicyclic) bond motifs is 1. The molecule has 1 aliphatic heterocycles. The number of likely N-dealkylation sites (tertiary alicyclic amines) is 1. The van der Waals surface area contributed by atoms with Crippen LogP contribution in [0, 0.1) is 5.92 Å². The van der Waals surface area contributed by atoms with Crippen molar-refractivity contribution < 1.29 is 19.7 Å². The topological polar surface area (TPSA) is 129 Å². The number of benzene rings is 2. The minimum atomic E-state index is -0.807. The summed E-state index contributed by atoms with van der Waals surface area (Å²) in [6, 6.07) is 18.9. The van der Waals surface area contributed by atoms with Crippen LogP contribution in [0.25, 0.3) is 39.2 Å². The third kappa shape index (κ3) is 6.74. The van der Waals surface area contributed by atoms with Gasteiger partial charge in [-0.3, -0.25) is 18.9 Å². The van der Waals surface area contributed by atoms with Gasteiger partial charge in [0.25, 0.3) is 5.56 Å². The van der Waals surface area contributed by atoms with E-state index in [9.17, 15) is 14.7 Å². The molecule has 0 spiro atoms. The van der Waals surface area contributed by atoms with Gasteiger partial charge in [-0.05, 0) is 36.7 Å². The molecule has 0 radical (unpaired) electrons. The number of hydrogen-bond donors (Lipinski definition) is 3. The lowest BCUT2D eigenvalue weighted by molar-refractivity contribution is -0.141. The SMILES string of the molecule is COc1nc(-c2cccc(-c3cccc(-c4ccn5c(=O)c(CN6CC[C@H](C(=O)O)C6)cnc5c4)c3Cl)c2Cl)ccc1CNCCO. The fourth-order valence-electron chi connectivity index (χ4n) is 5.94. The van der Waals surface area contributed by atoms with Crippen molar-refractivity contribution in [3.05, 3.63) is 105 Å². The number of ether oxygens (including phenoxy) is 1. The first kappa shape index (κ1) is 32.6. The molecular weight excluding hydrogens is 641 g/mol. The lowest BCUT2D eigenvalue weighted by atomic mass is 9.97. The summed E-state index contributed by atoms with van der Waals surface area (Å²) in [5.74, 6) is -0.754. The Balaban J connectivity index is 1.29. The van der Waals surface area contributed by atoms with E-state index in [-0.39, 0.29) is 12.2 Å². The van der Waals surface area contributed by atoms with Crippen LogP contribution in [0.4, 0.5) is 0 Å². The van der Waals surface area contributed by atoms with Gasteiger partial charge in [0.05, 0.1) is 40.9 Å². The van der Waals surface area contributed by atoms with Crippen LogP contribution in [0.15, 0.2) is 77.9 Å². The molecule has 0 aliphatic carbocycles. The van der Waals surface area contributed by atoms with Crippen molar-refractivity contribution in [1.29, 1.82) is 0 Å². The molecule has 2 aromatic carbocycles. The molecule has 0 saturated carbocycles. The molecule has 0 bridgehead atoms. The molecular formula is C35H33Cl2N5O5. The summed E-state index contributed by atoms with van der Waals surface area (Å²) in [6.07, 6.45) is 3.83. The third-order valence-electron chi connectivity index (χ3n) is 8.41. The number of nitrogens with zero attached hydrogens (tertiary/aromatic N) is 4. The molecule has 1 fully saturated rings. The third-order valence-corrected chi connectivity index (χ3v) is 9.22. The number of carbonyl (C=O) groups is 1. The van der Waals surface area contributed by atoms with Crippen LogP contribution in [0.5, 0.6) is 5.88 Å². The summed E-state index contributed by atoms with van der Waals surface area (Å²) in [7, 11) is 1.56. The van der Waals surface area contributed by atoms with E-state index in [1.807, 2.05) is 65.6 Å². The molecule has 4 heterocycles. The fraction of sp³-hybridized carbons (Fsp3) is 0.257. The highest BCUT2D eigenvalue weighted by Crippen LogP contribution is 2.42. The minimum Gasteiger partial charge on any atom is -0.481 e. The van der Waals surface area contributed by atoms with Gasteiger partial charge in [-0.25, -0.2) is 9.97 Å². The van der Waals surface area contributed by atoms with Gasteiger partial charge in [0.2, 0.25) is 5.88 Å². The zero-order valence-corrected chi connectivity index (χ0v) is 27.1. The smallest absolute Gasteiger partial charge is 0.307 e. The Kier molecular flexibility index (Phi) is 9.86. The average molecular weight is 675 g/mol. The largest absolute Gasteiger partial charge is 0.481 e. The summed E-state index contributed by atoms with van der Waals surface area (Å²) in [6.45, 7) is 2.39. The maximum atomic E-state index is 13.3. The molecule has 10 nitrogen and oxygen atoms in total. The molecule has 242 valence electrons. The summed E-state index contributed by atoms with van der Waals surface area (Å²) in [5, 5.41) is 22.5. The monoisotopic (exact) mass is 673 g/mol. The Morgan fingerprint density at radius 3 is 2.45 bits per heavy atom. The number of methoxy groups -OCH3 is 1. The Morgan fingerprint density at radius 1 is 1.02 bits per heavy atom. The highest BCUT2D eigenvalue weighted by Gasteiger charge is 2.28. The molecule has 6 rings (SSSR count). The number of pyridine rings is 2. The van der Waals surface area contributed by atoms with E-state index in [1.165, 1.54) is 4.40 Å². The van der Waals surface area contributed by atoms with Crippen LogP contribution in [-0.4, -0.2) is 68.8 Å². The second-order valence-corrected chi connectivity index (χ2v) is 12.1. The number of aliphatic hydroxyl groups is 1. The van der Waals surface area contributed by atoms with Gasteiger partial charge in [0.15, 0.2) is 0 Å². The number of aromatic nitrogens is 3. The van der Waals surface area contributed by atoms with Crippen LogP contribution in [-0.2, 0) is 17.9 Å². The molecule has 47 heavy (non-hydrogen) atoms. The molecule has 3 aromatic heterocycles. The first-order valence-electron chi connectivity index (χ1n) is 15.2. The summed E-state index contributed by atoms with van der Waals surface area (Å²) in [4.78, 5) is 35.9. The number of aliphatic hydroxyl groups excluding tert-OH is 1. The summed E-state index contributed by atoms with van der Waals surface area (Å²) < 4.78 is 7.03. The van der Waals surface area contributed by atoms with Crippen molar-refractivity contribution in [3.8, 4) is 39.4 Å². The van der Waals surface area contributed by atoms with Crippen LogP contribution < -0.4 is 15.6 Å². The predicted octanol–water partition coefficient (Wildman–Crippen LogP) is 5.39. The van der Waals surface area contributed by atoms with Gasteiger partial charge in [-0.15, -0.1) is 0 Å². The van der Waals surface area contributed by atoms with Crippen molar-refractivity contribution in [2.24, 2.45) is 5.92 Å². The van der Waals surface area contributed by atoms with Crippen LogP contribution in [0.3, 0.4) is 0 Å². The van der Waals surface area contributed by atoms with E-state index in [0.29, 0.717) is 72.0 Å². The molecule has 0 amide bonds. The molecule has 1 saturated heterocycles. The highest BCUT2D eigenvalue weighted by molar-refractivity contribution is 6.39. The fourth-order valence-corrected chi connectivity index (χ4v) is 6.60. The van der Waals surface area contributed by atoms with Gasteiger partial charge in [0, 0.05) is 66.4 Å². The molecule has 3 N–H and O–H groups in total. The molecule has 12 heteroatoms. The van der Waals surface area contributed by atoms with Gasteiger partial charge in [0.1, 0.15) is 5.65 Å². The van der Waals surface area contributed by atoms with E-state index < -0.39 is 11.9 Å². The van der Waals surface area contributed by atoms with Gasteiger partial charge >= 0.3 is 5.97 Å². The van der Waals surface area contributed by atoms with Crippen molar-refractivity contribution in [2.45, 2.75) is 19.5 Å². The molecule has 1 aliphatic rings. The number of rotatable bonds is 11. The number of nitrogens with one attached hydrogen (secondary N) is 1. The van der Waals surface area contributed by atoms with E-state index >= 15 is 0 Å². The second-order valence-electron chi connectivity index (χ2n) is 11.4.